The second kappa shape index (κ2) is 7.38. The van der Waals surface area contributed by atoms with E-state index >= 15 is 0 Å². The molecule has 4 rings (SSSR count). The van der Waals surface area contributed by atoms with E-state index in [0.29, 0.717) is 18.7 Å². The molecule has 6 heteroatoms. The molecule has 0 saturated carbocycles. The Morgan fingerprint density at radius 2 is 1.86 bits per heavy atom. The first-order valence-electron chi connectivity index (χ1n) is 9.42. The molecule has 1 unspecified atom stereocenters. The van der Waals surface area contributed by atoms with Gasteiger partial charge in [-0.25, -0.2) is 0 Å². The highest BCUT2D eigenvalue weighted by atomic mass is 16.2. The minimum absolute atomic E-state index is 0.0246. The number of hydrogen-bond acceptors (Lipinski definition) is 4. The zero-order chi connectivity index (χ0) is 19.7. The van der Waals surface area contributed by atoms with Crippen LogP contribution in [0.5, 0.6) is 0 Å². The van der Waals surface area contributed by atoms with Gasteiger partial charge in [0.25, 0.3) is 5.91 Å². The summed E-state index contributed by atoms with van der Waals surface area (Å²) < 4.78 is 0. The third kappa shape index (κ3) is 3.45. The van der Waals surface area contributed by atoms with E-state index < -0.39 is 0 Å². The van der Waals surface area contributed by atoms with Crippen molar-refractivity contribution in [3.8, 4) is 11.3 Å². The average Bonchev–Trinajstić information content (AvgIpc) is 3.16. The normalized spacial score (nSPS) is 16.4. The predicted octanol–water partition coefficient (Wildman–Crippen LogP) is 2.96. The van der Waals surface area contributed by atoms with Crippen LogP contribution in [-0.4, -0.2) is 46.0 Å². The van der Waals surface area contributed by atoms with Crippen LogP contribution in [0.3, 0.4) is 0 Å². The molecule has 0 bridgehead atoms. The zero-order valence-corrected chi connectivity index (χ0v) is 16.0. The highest BCUT2D eigenvalue weighted by Gasteiger charge is 2.27. The molecule has 1 atom stereocenters. The fraction of sp³-hybridized carbons (Fsp3) is 0.273. The Kier molecular flexibility index (Phi) is 4.77. The van der Waals surface area contributed by atoms with Crippen LogP contribution in [-0.2, 0) is 4.79 Å². The van der Waals surface area contributed by atoms with Gasteiger partial charge >= 0.3 is 0 Å². The lowest BCUT2D eigenvalue weighted by atomic mass is 10.0. The number of nitrogens with one attached hydrogen (secondary N) is 1. The van der Waals surface area contributed by atoms with Gasteiger partial charge < -0.3 is 10.2 Å². The topological polar surface area (TPSA) is 75.2 Å². The minimum atomic E-state index is -0.0638. The van der Waals surface area contributed by atoms with Gasteiger partial charge in [-0.3, -0.25) is 9.59 Å². The molecule has 0 spiro atoms. The molecule has 6 nitrogen and oxygen atoms in total. The van der Waals surface area contributed by atoms with E-state index in [1.165, 1.54) is 6.92 Å². The SMILES string of the molecule is CC(=O)NC1CCN(C(=O)c2cccc(-c3nnc(C)c4ccccc34)c2)C1. The second-order valence-corrected chi connectivity index (χ2v) is 7.20. The Balaban J connectivity index is 1.63. The third-order valence-corrected chi connectivity index (χ3v) is 5.14. The Hall–Kier alpha value is -3.28. The van der Waals surface area contributed by atoms with Crippen molar-refractivity contribution in [1.82, 2.24) is 20.4 Å². The van der Waals surface area contributed by atoms with E-state index in [9.17, 15) is 9.59 Å². The molecule has 2 amide bonds. The first-order chi connectivity index (χ1) is 13.5. The number of likely N-dealkylation sites (tertiary alicyclic amines) is 1. The minimum Gasteiger partial charge on any atom is -0.352 e. The van der Waals surface area contributed by atoms with Gasteiger partial charge in [0.05, 0.1) is 5.69 Å². The number of hydrogen-bond donors (Lipinski definition) is 1. The predicted molar refractivity (Wildman–Crippen MR) is 108 cm³/mol. The quantitative estimate of drug-likeness (QED) is 0.765. The van der Waals surface area contributed by atoms with E-state index in [0.717, 1.165) is 34.1 Å². The van der Waals surface area contributed by atoms with E-state index in [2.05, 4.69) is 15.5 Å². The van der Waals surface area contributed by atoms with Crippen LogP contribution in [0.15, 0.2) is 48.5 Å². The van der Waals surface area contributed by atoms with Crippen molar-refractivity contribution in [2.75, 3.05) is 13.1 Å². The summed E-state index contributed by atoms with van der Waals surface area (Å²) >= 11 is 0. The monoisotopic (exact) mass is 374 g/mol. The molecule has 1 aliphatic heterocycles. The highest BCUT2D eigenvalue weighted by molar-refractivity contribution is 5.99. The number of carbonyl (C=O) groups excluding carboxylic acids is 2. The average molecular weight is 374 g/mol. The van der Waals surface area contributed by atoms with Gasteiger partial charge in [0.15, 0.2) is 0 Å². The number of aryl methyl sites for hydroxylation is 1. The van der Waals surface area contributed by atoms with E-state index in [1.807, 2.05) is 55.5 Å². The number of rotatable bonds is 3. The zero-order valence-electron chi connectivity index (χ0n) is 16.0. The van der Waals surface area contributed by atoms with E-state index in [-0.39, 0.29) is 17.9 Å². The number of aromatic nitrogens is 2. The van der Waals surface area contributed by atoms with Crippen molar-refractivity contribution in [2.45, 2.75) is 26.3 Å². The Labute approximate surface area is 163 Å². The lowest BCUT2D eigenvalue weighted by Gasteiger charge is -2.17. The summed E-state index contributed by atoms with van der Waals surface area (Å²) in [6.45, 7) is 4.62. The lowest BCUT2D eigenvalue weighted by molar-refractivity contribution is -0.119. The number of carbonyl (C=O) groups is 2. The van der Waals surface area contributed by atoms with Gasteiger partial charge in [-0.15, -0.1) is 5.10 Å². The molecule has 142 valence electrons. The molecule has 28 heavy (non-hydrogen) atoms. The van der Waals surface area contributed by atoms with Gasteiger partial charge in [-0.05, 0) is 25.5 Å². The van der Waals surface area contributed by atoms with Gasteiger partial charge in [-0.1, -0.05) is 36.4 Å². The summed E-state index contributed by atoms with van der Waals surface area (Å²) in [7, 11) is 0. The fourth-order valence-electron chi connectivity index (χ4n) is 3.78. The number of nitrogens with zero attached hydrogens (tertiary/aromatic N) is 3. The van der Waals surface area contributed by atoms with Gasteiger partial charge in [0.1, 0.15) is 5.69 Å². The molecule has 0 radical (unpaired) electrons. The summed E-state index contributed by atoms with van der Waals surface area (Å²) in [5, 5.41) is 13.7. The molecular formula is C22H22N4O2. The first-order valence-corrected chi connectivity index (χ1v) is 9.42. The van der Waals surface area contributed by atoms with Crippen molar-refractivity contribution < 1.29 is 9.59 Å². The van der Waals surface area contributed by atoms with Crippen molar-refractivity contribution in [2.24, 2.45) is 0 Å². The molecule has 1 N–H and O–H groups in total. The van der Waals surface area contributed by atoms with Crippen molar-refractivity contribution >= 4 is 22.6 Å². The van der Waals surface area contributed by atoms with E-state index in [4.69, 9.17) is 0 Å². The number of amides is 2. The molecule has 1 aliphatic rings. The molecule has 1 saturated heterocycles. The van der Waals surface area contributed by atoms with Crippen LogP contribution in [0, 0.1) is 6.92 Å². The molecular weight excluding hydrogens is 352 g/mol. The summed E-state index contributed by atoms with van der Waals surface area (Å²) in [6.07, 6.45) is 0.777. The van der Waals surface area contributed by atoms with Crippen LogP contribution < -0.4 is 5.32 Å². The van der Waals surface area contributed by atoms with Crippen LogP contribution >= 0.6 is 0 Å². The maximum atomic E-state index is 13.0. The Morgan fingerprint density at radius 3 is 2.64 bits per heavy atom. The summed E-state index contributed by atoms with van der Waals surface area (Å²) in [6, 6.07) is 15.6. The number of benzene rings is 2. The summed E-state index contributed by atoms with van der Waals surface area (Å²) in [5.74, 6) is -0.0924. The molecule has 2 aromatic carbocycles. The molecule has 2 heterocycles. The van der Waals surface area contributed by atoms with Crippen molar-refractivity contribution in [1.29, 1.82) is 0 Å². The van der Waals surface area contributed by atoms with Crippen LogP contribution in [0.4, 0.5) is 0 Å². The molecule has 3 aromatic rings. The molecule has 0 aliphatic carbocycles. The summed E-state index contributed by atoms with van der Waals surface area (Å²) in [5.41, 5.74) is 3.14. The highest BCUT2D eigenvalue weighted by Crippen LogP contribution is 2.28. The number of fused-ring (bicyclic) bond motifs is 1. The first kappa shape index (κ1) is 18.1. The maximum absolute atomic E-state index is 13.0. The molecule has 1 aromatic heterocycles. The maximum Gasteiger partial charge on any atom is 0.253 e. The van der Waals surface area contributed by atoms with Crippen LogP contribution in [0.1, 0.15) is 29.4 Å². The fourth-order valence-corrected chi connectivity index (χ4v) is 3.78. The summed E-state index contributed by atoms with van der Waals surface area (Å²) in [4.78, 5) is 26.0. The Bertz CT molecular complexity index is 1060. The third-order valence-electron chi connectivity index (χ3n) is 5.14. The largest absolute Gasteiger partial charge is 0.352 e. The van der Waals surface area contributed by atoms with Gasteiger partial charge in [-0.2, -0.15) is 5.10 Å². The smallest absolute Gasteiger partial charge is 0.253 e. The molecule has 1 fully saturated rings. The van der Waals surface area contributed by atoms with Crippen molar-refractivity contribution in [3.63, 3.8) is 0 Å². The van der Waals surface area contributed by atoms with Crippen LogP contribution in [0.2, 0.25) is 0 Å². The van der Waals surface area contributed by atoms with Crippen molar-refractivity contribution in [3.05, 3.63) is 59.8 Å². The van der Waals surface area contributed by atoms with Gasteiger partial charge in [0, 0.05) is 48.0 Å². The van der Waals surface area contributed by atoms with Crippen LogP contribution in [0.25, 0.3) is 22.0 Å². The second-order valence-electron chi connectivity index (χ2n) is 7.20. The Morgan fingerprint density at radius 1 is 1.07 bits per heavy atom. The van der Waals surface area contributed by atoms with E-state index in [1.54, 1.807) is 4.90 Å². The standard InChI is InChI=1S/C22H22N4O2/c1-14-19-8-3-4-9-20(19)21(25-24-14)16-6-5-7-17(12-16)22(28)26-11-10-18(13-26)23-15(2)27/h3-9,12,18H,10-11,13H2,1-2H3,(H,23,27). The lowest BCUT2D eigenvalue weighted by Crippen LogP contribution is -2.37. The van der Waals surface area contributed by atoms with Gasteiger partial charge in [0.2, 0.25) is 5.91 Å².